The Morgan fingerprint density at radius 2 is 0.867 bits per heavy atom. The molecule has 0 saturated carbocycles. The van der Waals surface area contributed by atoms with Crippen LogP contribution in [0.2, 0.25) is 5.28 Å². The molecule has 0 bridgehead atoms. The summed E-state index contributed by atoms with van der Waals surface area (Å²) in [5.74, 6) is 3.16. The molecule has 4 fully saturated rings. The quantitative estimate of drug-likeness (QED) is 0.0384. The molecule has 18 rings (SSSR count). The largest absolute Gasteiger partial charge is 0.477 e. The second-order valence-electron chi connectivity index (χ2n) is 28.6. The molecule has 0 radical (unpaired) electrons. The lowest BCUT2D eigenvalue weighted by Crippen LogP contribution is -2.34. The number of hydrogen-bond acceptors (Lipinski definition) is 14. The molecule has 14 nitrogen and oxygen atoms in total. The number of piperidine rings is 2. The zero-order valence-electron chi connectivity index (χ0n) is 59.6. The van der Waals surface area contributed by atoms with Gasteiger partial charge in [-0.15, -0.1) is 0 Å². The van der Waals surface area contributed by atoms with Crippen molar-refractivity contribution in [3.05, 3.63) is 239 Å². The van der Waals surface area contributed by atoms with Crippen LogP contribution < -0.4 is 28.7 Å². The van der Waals surface area contributed by atoms with Crippen molar-refractivity contribution in [1.82, 2.24) is 19.9 Å². The van der Waals surface area contributed by atoms with Crippen molar-refractivity contribution in [3.63, 3.8) is 0 Å². The molecule has 0 spiro atoms. The highest BCUT2D eigenvalue weighted by Gasteiger charge is 2.40. The molecule has 4 unspecified atom stereocenters. The van der Waals surface area contributed by atoms with E-state index in [4.69, 9.17) is 59.5 Å². The molecule has 0 aliphatic carbocycles. The predicted molar refractivity (Wildman–Crippen MR) is 421 cm³/mol. The Hall–Kier alpha value is -9.67. The fourth-order valence-electron chi connectivity index (χ4n) is 16.3. The molecule has 0 N–H and O–H groups in total. The Labute approximate surface area is 619 Å². The minimum absolute atomic E-state index is 0.0711. The van der Waals surface area contributed by atoms with Crippen LogP contribution >= 0.6 is 11.6 Å². The fourth-order valence-corrected chi connectivity index (χ4v) is 16.5. The molecule has 4 saturated heterocycles. The number of aromatic nitrogens is 4. The molecule has 10 aromatic carbocycles. The maximum Gasteiger partial charge on any atom is 0.226 e. The molecule has 105 heavy (non-hydrogen) atoms. The van der Waals surface area contributed by atoms with Gasteiger partial charge in [0.15, 0.2) is 29.6 Å². The van der Waals surface area contributed by atoms with Crippen molar-refractivity contribution in [2.45, 2.75) is 127 Å². The van der Waals surface area contributed by atoms with Crippen LogP contribution in [-0.4, -0.2) is 98.3 Å². The van der Waals surface area contributed by atoms with Crippen LogP contribution in [-0.2, 0) is 30.1 Å². The molecule has 15 heteroatoms. The molecular formula is C90H89ClN6O8. The summed E-state index contributed by atoms with van der Waals surface area (Å²) in [7, 11) is 0. The Kier molecular flexibility index (Phi) is 20.3. The van der Waals surface area contributed by atoms with Gasteiger partial charge in [-0.3, -0.25) is 0 Å². The van der Waals surface area contributed by atoms with E-state index in [1.165, 1.54) is 76.8 Å². The lowest BCUT2D eigenvalue weighted by molar-refractivity contribution is -0.163. The van der Waals surface area contributed by atoms with Gasteiger partial charge in [0.2, 0.25) is 17.0 Å². The first-order valence-corrected chi connectivity index (χ1v) is 38.6. The van der Waals surface area contributed by atoms with E-state index < -0.39 is 11.2 Å². The van der Waals surface area contributed by atoms with E-state index in [1.54, 1.807) is 0 Å². The van der Waals surface area contributed by atoms with Crippen LogP contribution in [0.15, 0.2) is 200 Å². The average molecular weight is 1420 g/mol. The highest BCUT2D eigenvalue weighted by atomic mass is 35.5. The Morgan fingerprint density at radius 1 is 0.400 bits per heavy atom. The Morgan fingerprint density at radius 3 is 1.38 bits per heavy atom. The molecule has 8 heterocycles. The van der Waals surface area contributed by atoms with Gasteiger partial charge in [0.05, 0.1) is 35.0 Å². The van der Waals surface area contributed by atoms with Gasteiger partial charge < -0.3 is 47.7 Å². The number of nitrogens with zero attached hydrogens (tertiary/aromatic N) is 6. The van der Waals surface area contributed by atoms with E-state index in [2.05, 4.69) is 214 Å². The molecule has 534 valence electrons. The maximum absolute atomic E-state index is 7.25. The minimum Gasteiger partial charge on any atom is -0.477 e. The molecule has 4 atom stereocenters. The summed E-state index contributed by atoms with van der Waals surface area (Å²) in [6, 6.07) is 66.5. The molecule has 6 aliphatic heterocycles. The monoisotopic (exact) mass is 1420 g/mol. The first kappa shape index (κ1) is 68.4. The van der Waals surface area contributed by atoms with Crippen molar-refractivity contribution < 1.29 is 37.9 Å². The van der Waals surface area contributed by atoms with E-state index in [0.717, 1.165) is 176 Å². The number of anilines is 2. The van der Waals surface area contributed by atoms with Crippen LogP contribution in [0.4, 0.5) is 11.4 Å². The van der Waals surface area contributed by atoms with E-state index >= 15 is 0 Å². The second-order valence-corrected chi connectivity index (χ2v) is 28.9. The third-order valence-corrected chi connectivity index (χ3v) is 22.0. The topological polar surface area (TPSA) is 132 Å². The summed E-state index contributed by atoms with van der Waals surface area (Å²) in [5, 5.41) is 9.09. The van der Waals surface area contributed by atoms with Gasteiger partial charge in [-0.2, -0.15) is 9.97 Å². The van der Waals surface area contributed by atoms with E-state index in [1.807, 2.05) is 18.2 Å². The van der Waals surface area contributed by atoms with Gasteiger partial charge in [0.25, 0.3) is 0 Å². The molecular weight excluding hydrogens is 1330 g/mol. The number of hydrogen-bond donors (Lipinski definition) is 0. The highest BCUT2D eigenvalue weighted by molar-refractivity contribution is 6.29. The minimum atomic E-state index is -0.825. The summed E-state index contributed by atoms with van der Waals surface area (Å²) >= 11 is 6.34. The van der Waals surface area contributed by atoms with Crippen LogP contribution in [0.25, 0.3) is 77.7 Å². The van der Waals surface area contributed by atoms with E-state index in [9.17, 15) is 0 Å². The van der Waals surface area contributed by atoms with Gasteiger partial charge in [-0.25, -0.2) is 9.97 Å². The second kappa shape index (κ2) is 31.2. The van der Waals surface area contributed by atoms with Gasteiger partial charge >= 0.3 is 0 Å². The van der Waals surface area contributed by atoms with Crippen molar-refractivity contribution in [2.75, 3.05) is 75.6 Å². The third kappa shape index (κ3) is 14.3. The van der Waals surface area contributed by atoms with Gasteiger partial charge in [0.1, 0.15) is 11.5 Å². The molecule has 2 aromatic heterocycles. The Bertz CT molecular complexity index is 5040. The van der Waals surface area contributed by atoms with Gasteiger partial charge in [-0.05, 0) is 226 Å². The first-order valence-electron chi connectivity index (χ1n) is 38.2. The molecule has 12 aromatic rings. The zero-order chi connectivity index (χ0) is 70.4. The average Bonchev–Trinajstić information content (AvgIpc) is 0.740. The summed E-state index contributed by atoms with van der Waals surface area (Å²) in [6.45, 7) is 8.26. The van der Waals surface area contributed by atoms with Crippen LogP contribution in [0.3, 0.4) is 0 Å². The summed E-state index contributed by atoms with van der Waals surface area (Å²) in [4.78, 5) is 24.6. The summed E-state index contributed by atoms with van der Waals surface area (Å²) in [6.07, 6.45) is 25.9. The number of ether oxygens (including phenoxy) is 8. The highest BCUT2D eigenvalue weighted by Crippen LogP contribution is 2.49. The van der Waals surface area contributed by atoms with Gasteiger partial charge in [-0.1, -0.05) is 133 Å². The molecule has 0 amide bonds. The number of unbranched alkanes of at least 4 members (excludes halogenated alkanes) is 2. The van der Waals surface area contributed by atoms with Crippen LogP contribution in [0, 0.1) is 0 Å². The van der Waals surface area contributed by atoms with E-state index in [0.29, 0.717) is 49.5 Å². The van der Waals surface area contributed by atoms with E-state index in [-0.39, 0.29) is 17.9 Å². The number of rotatable bonds is 21. The third-order valence-electron chi connectivity index (χ3n) is 21.8. The SMILES string of the molecule is C1=CC(c2ccccc2)(c2ccc(N3CCCCC3)cc2)Oc2ccc3nc(-c4ccc5ccc6cccc7ccc4c5c67)nc(OCCCCOC4CCCCO4)c3c21.Clc1nc(OCCCCOC2CCCCO2)c2c3c(ccc2n1)OC(c1ccccc1)(c1ccc(N2CCCCC2)cc1)C=C3. The van der Waals surface area contributed by atoms with Crippen LogP contribution in [0.5, 0.6) is 23.3 Å². The fraction of sp³-hybridized carbons (Fsp3) is 0.333. The van der Waals surface area contributed by atoms with Crippen molar-refractivity contribution >= 4 is 89.3 Å². The molecule has 6 aliphatic rings. The first-order chi connectivity index (χ1) is 51.9. The maximum atomic E-state index is 7.25. The smallest absolute Gasteiger partial charge is 0.226 e. The Balaban J connectivity index is 0.000000162. The normalized spacial score (nSPS) is 20.2. The summed E-state index contributed by atoms with van der Waals surface area (Å²) in [5.41, 5.74) is 9.48. The zero-order valence-corrected chi connectivity index (χ0v) is 60.3. The lowest BCUT2D eigenvalue weighted by Gasteiger charge is -2.37. The lowest BCUT2D eigenvalue weighted by atomic mass is 9.83. The van der Waals surface area contributed by atoms with Crippen LogP contribution in [0.1, 0.15) is 136 Å². The van der Waals surface area contributed by atoms with Crippen molar-refractivity contribution in [1.29, 1.82) is 0 Å². The summed E-state index contributed by atoms with van der Waals surface area (Å²) < 4.78 is 50.6. The number of benzene rings is 10. The number of halogens is 1. The van der Waals surface area contributed by atoms with Crippen molar-refractivity contribution in [3.8, 4) is 34.6 Å². The standard InChI is InChI=1S/C53H49N3O4.C37H40ClN3O4/c1-3-14-39(15-4-1)53(40-21-23-41(24-22-40)56-31-6-2-7-32-56)30-29-44-46(60-53)28-27-45-50(44)52(59-35-10-9-34-58-47-16-5-8-33-57-47)55-51(54-45)43-26-20-38-18-17-36-12-11-13-37-19-25-42(43)49(38)48(36)37;38-36-39-31-18-19-32-30(34(31)35(40-36)44-26-10-9-25-43-33-13-5-8-24-42-33)20-21-37(45-32,27-11-3-1-4-12-27)28-14-16-29(17-15-28)41-22-6-2-7-23-41/h1,3-4,11-15,17-30,47H,2,5-10,16,31-35H2;1,3-4,11-12,14-21,33H,2,5-10,13,22-26H2. The predicted octanol–water partition coefficient (Wildman–Crippen LogP) is 20.6. The number of fused-ring (bicyclic) bond motifs is 6. The van der Waals surface area contributed by atoms with Crippen molar-refractivity contribution in [2.24, 2.45) is 0 Å². The van der Waals surface area contributed by atoms with Gasteiger partial charge in [0, 0.05) is 103 Å².